The molecular formula is C19H11FS2. The molecule has 4 aromatic rings. The highest BCUT2D eigenvalue weighted by Crippen LogP contribution is 2.49. The van der Waals surface area contributed by atoms with E-state index in [4.69, 9.17) is 0 Å². The number of benzene rings is 3. The second-order valence-corrected chi connectivity index (χ2v) is 7.26. The van der Waals surface area contributed by atoms with Crippen molar-refractivity contribution >= 4 is 43.7 Å². The Morgan fingerprint density at radius 2 is 1.77 bits per heavy atom. The minimum atomic E-state index is 0.365. The lowest BCUT2D eigenvalue weighted by atomic mass is 10.0. The molecule has 3 aromatic carbocycles. The van der Waals surface area contributed by atoms with E-state index in [0.29, 0.717) is 12.1 Å². The minimum absolute atomic E-state index is 0.365. The highest BCUT2D eigenvalue weighted by molar-refractivity contribution is 7.94. The van der Waals surface area contributed by atoms with Crippen molar-refractivity contribution in [3.05, 3.63) is 65.7 Å². The van der Waals surface area contributed by atoms with Crippen LogP contribution in [0.1, 0.15) is 11.1 Å². The van der Waals surface area contributed by atoms with Crippen LogP contribution in [0.4, 0.5) is 3.89 Å². The molecule has 0 aliphatic heterocycles. The van der Waals surface area contributed by atoms with E-state index in [1.807, 2.05) is 6.07 Å². The van der Waals surface area contributed by atoms with E-state index in [0.717, 1.165) is 16.0 Å². The van der Waals surface area contributed by atoms with Gasteiger partial charge in [-0.25, -0.2) is 0 Å². The summed E-state index contributed by atoms with van der Waals surface area (Å²) in [6.45, 7) is 0. The van der Waals surface area contributed by atoms with Crippen LogP contribution >= 0.6 is 23.5 Å². The Morgan fingerprint density at radius 3 is 2.68 bits per heavy atom. The van der Waals surface area contributed by atoms with Gasteiger partial charge in [0.1, 0.15) is 0 Å². The molecule has 106 valence electrons. The van der Waals surface area contributed by atoms with Gasteiger partial charge in [0.2, 0.25) is 0 Å². The van der Waals surface area contributed by atoms with Gasteiger partial charge in [0.05, 0.1) is 21.7 Å². The maximum atomic E-state index is 13.6. The van der Waals surface area contributed by atoms with Crippen LogP contribution < -0.4 is 0 Å². The van der Waals surface area contributed by atoms with Gasteiger partial charge in [-0.05, 0) is 40.8 Å². The Labute approximate surface area is 135 Å². The number of halogens is 1. The standard InChI is InChI=1S/C19H11FS2/c20-22-17-10-14-12-6-2-1-5-11(12)9-15(14)18-13-7-3-4-8-16(13)21-19(17)18/h1-8,10H,9H2. The van der Waals surface area contributed by atoms with Crippen LogP contribution in [0.25, 0.3) is 31.3 Å². The molecule has 0 saturated heterocycles. The first-order valence-corrected chi connectivity index (χ1v) is 8.74. The largest absolute Gasteiger partial charge is 0.160 e. The molecule has 0 bridgehead atoms. The van der Waals surface area contributed by atoms with Gasteiger partial charge in [-0.1, -0.05) is 42.5 Å². The van der Waals surface area contributed by atoms with Crippen molar-refractivity contribution in [2.24, 2.45) is 0 Å². The van der Waals surface area contributed by atoms with E-state index < -0.39 is 0 Å². The van der Waals surface area contributed by atoms with Crippen molar-refractivity contribution < 1.29 is 3.89 Å². The molecule has 0 fully saturated rings. The van der Waals surface area contributed by atoms with Crippen molar-refractivity contribution in [2.45, 2.75) is 11.3 Å². The molecule has 5 rings (SSSR count). The summed E-state index contributed by atoms with van der Waals surface area (Å²) in [5.41, 5.74) is 5.15. The lowest BCUT2D eigenvalue weighted by Gasteiger charge is -2.06. The molecule has 1 aliphatic rings. The Kier molecular flexibility index (Phi) is 2.64. The van der Waals surface area contributed by atoms with Gasteiger partial charge in [-0.3, -0.25) is 0 Å². The number of hydrogen-bond donors (Lipinski definition) is 0. The number of fused-ring (bicyclic) bond motifs is 7. The maximum Gasteiger partial charge on any atom is 0.0827 e. The Bertz CT molecular complexity index is 1050. The van der Waals surface area contributed by atoms with Crippen molar-refractivity contribution in [3.8, 4) is 11.1 Å². The van der Waals surface area contributed by atoms with E-state index in [2.05, 4.69) is 48.5 Å². The summed E-state index contributed by atoms with van der Waals surface area (Å²) in [5, 5.41) is 2.50. The quantitative estimate of drug-likeness (QED) is 0.335. The normalized spacial score (nSPS) is 12.8. The van der Waals surface area contributed by atoms with Crippen LogP contribution in [0.5, 0.6) is 0 Å². The maximum absolute atomic E-state index is 13.6. The smallest absolute Gasteiger partial charge is 0.0827 e. The molecule has 22 heavy (non-hydrogen) atoms. The first kappa shape index (κ1) is 12.7. The summed E-state index contributed by atoms with van der Waals surface area (Å²) in [6, 6.07) is 18.9. The zero-order valence-corrected chi connectivity index (χ0v) is 13.2. The van der Waals surface area contributed by atoms with E-state index in [1.54, 1.807) is 11.3 Å². The van der Waals surface area contributed by atoms with Crippen LogP contribution in [0.3, 0.4) is 0 Å². The van der Waals surface area contributed by atoms with Crippen LogP contribution in [0.15, 0.2) is 59.5 Å². The van der Waals surface area contributed by atoms with E-state index >= 15 is 0 Å². The first-order valence-electron chi connectivity index (χ1n) is 7.21. The van der Waals surface area contributed by atoms with Gasteiger partial charge in [0.25, 0.3) is 0 Å². The van der Waals surface area contributed by atoms with Gasteiger partial charge in [-0.15, -0.1) is 11.3 Å². The Hall–Kier alpha value is -1.84. The monoisotopic (exact) mass is 322 g/mol. The molecule has 1 aromatic heterocycles. The van der Waals surface area contributed by atoms with Gasteiger partial charge < -0.3 is 0 Å². The fourth-order valence-corrected chi connectivity index (χ4v) is 5.24. The Morgan fingerprint density at radius 1 is 0.955 bits per heavy atom. The number of hydrogen-bond acceptors (Lipinski definition) is 2. The highest BCUT2D eigenvalue weighted by Gasteiger charge is 2.24. The molecule has 0 spiro atoms. The van der Waals surface area contributed by atoms with Crippen LogP contribution in [0, 0.1) is 0 Å². The zero-order valence-electron chi connectivity index (χ0n) is 11.6. The van der Waals surface area contributed by atoms with Crippen LogP contribution in [-0.4, -0.2) is 0 Å². The van der Waals surface area contributed by atoms with E-state index in [9.17, 15) is 3.89 Å². The molecule has 1 aliphatic carbocycles. The average molecular weight is 322 g/mol. The summed E-state index contributed by atoms with van der Waals surface area (Å²) in [7, 11) is 0. The topological polar surface area (TPSA) is 0 Å². The molecular weight excluding hydrogens is 311 g/mol. The predicted octanol–water partition coefficient (Wildman–Crippen LogP) is 6.60. The molecule has 0 N–H and O–H groups in total. The fourth-order valence-electron chi connectivity index (χ4n) is 3.55. The van der Waals surface area contributed by atoms with Crippen molar-refractivity contribution in [1.82, 2.24) is 0 Å². The van der Waals surface area contributed by atoms with Gasteiger partial charge in [-0.2, -0.15) is 3.89 Å². The van der Waals surface area contributed by atoms with Gasteiger partial charge in [0.15, 0.2) is 0 Å². The predicted molar refractivity (Wildman–Crippen MR) is 94.5 cm³/mol. The second-order valence-electron chi connectivity index (χ2n) is 5.61. The summed E-state index contributed by atoms with van der Waals surface area (Å²) < 4.78 is 15.9. The molecule has 1 heterocycles. The third kappa shape index (κ3) is 1.58. The summed E-state index contributed by atoms with van der Waals surface area (Å²) >= 11 is 2.06. The highest BCUT2D eigenvalue weighted by atomic mass is 32.2. The third-order valence-electron chi connectivity index (χ3n) is 4.48. The molecule has 0 unspecified atom stereocenters. The summed E-state index contributed by atoms with van der Waals surface area (Å²) in [5.74, 6) is 0. The Balaban J connectivity index is 1.99. The summed E-state index contributed by atoms with van der Waals surface area (Å²) in [4.78, 5) is 0.742. The second kappa shape index (κ2) is 4.58. The number of thiophene rings is 1. The average Bonchev–Trinajstić information content (AvgIpc) is 3.12. The van der Waals surface area contributed by atoms with Crippen LogP contribution in [-0.2, 0) is 6.42 Å². The van der Waals surface area contributed by atoms with Crippen molar-refractivity contribution in [2.75, 3.05) is 0 Å². The lowest BCUT2D eigenvalue weighted by Crippen LogP contribution is -1.83. The molecule has 0 radical (unpaired) electrons. The molecule has 0 amide bonds. The van der Waals surface area contributed by atoms with Gasteiger partial charge >= 0.3 is 0 Å². The molecule has 0 saturated carbocycles. The third-order valence-corrected chi connectivity index (χ3v) is 6.30. The zero-order chi connectivity index (χ0) is 14.7. The minimum Gasteiger partial charge on any atom is -0.160 e. The molecule has 0 nitrogen and oxygen atoms in total. The van der Waals surface area contributed by atoms with Crippen molar-refractivity contribution in [3.63, 3.8) is 0 Å². The van der Waals surface area contributed by atoms with Crippen LogP contribution in [0.2, 0.25) is 0 Å². The van der Waals surface area contributed by atoms with Crippen molar-refractivity contribution in [1.29, 1.82) is 0 Å². The SMILES string of the molecule is FSc1cc2c(c3c1sc1ccccc13)Cc1ccccc1-2. The molecule has 0 atom stereocenters. The lowest BCUT2D eigenvalue weighted by molar-refractivity contribution is 0.936. The fraction of sp³-hybridized carbons (Fsp3) is 0.0526. The van der Waals surface area contributed by atoms with E-state index in [1.165, 1.54) is 37.7 Å². The number of rotatable bonds is 1. The molecule has 3 heteroatoms. The van der Waals surface area contributed by atoms with Gasteiger partial charge in [0, 0.05) is 15.5 Å². The summed E-state index contributed by atoms with van der Waals surface area (Å²) in [6.07, 6.45) is 0.944. The van der Waals surface area contributed by atoms with E-state index in [-0.39, 0.29) is 0 Å². The first-order chi connectivity index (χ1) is 10.9.